The molecule has 0 bridgehead atoms. The maximum Gasteiger partial charge on any atom is 0.407 e. The molecule has 0 aromatic heterocycles. The molecular formula is C10H20N2O4. The molecule has 0 aromatic rings. The van der Waals surface area contributed by atoms with E-state index in [0.717, 1.165) is 0 Å². The van der Waals surface area contributed by atoms with Crippen molar-refractivity contribution in [2.75, 3.05) is 19.8 Å². The zero-order chi connectivity index (χ0) is 12.6. The Morgan fingerprint density at radius 1 is 1.25 bits per heavy atom. The molecule has 0 aromatic carbocycles. The van der Waals surface area contributed by atoms with E-state index in [1.165, 1.54) is 0 Å². The number of primary amides is 1. The number of nitrogens with one attached hydrogen (secondary N) is 1. The van der Waals surface area contributed by atoms with E-state index in [0.29, 0.717) is 13.0 Å². The summed E-state index contributed by atoms with van der Waals surface area (Å²) in [6.45, 7) is 6.41. The SMILES string of the molecule is CCNC(=O)OCC(C)(CC)COC(N)=O. The van der Waals surface area contributed by atoms with Gasteiger partial charge in [-0.15, -0.1) is 0 Å². The number of alkyl carbamates (subject to hydrolysis) is 1. The minimum absolute atomic E-state index is 0.137. The Balaban J connectivity index is 4.05. The average molecular weight is 232 g/mol. The lowest BCUT2D eigenvalue weighted by atomic mass is 9.90. The van der Waals surface area contributed by atoms with Crippen LogP contribution in [-0.2, 0) is 9.47 Å². The smallest absolute Gasteiger partial charge is 0.407 e. The molecule has 94 valence electrons. The van der Waals surface area contributed by atoms with Crippen LogP contribution >= 0.6 is 0 Å². The van der Waals surface area contributed by atoms with E-state index < -0.39 is 17.6 Å². The first-order valence-corrected chi connectivity index (χ1v) is 5.26. The summed E-state index contributed by atoms with van der Waals surface area (Å²) < 4.78 is 9.71. The number of amides is 2. The van der Waals surface area contributed by atoms with Crippen LogP contribution in [0, 0.1) is 5.41 Å². The van der Waals surface area contributed by atoms with E-state index >= 15 is 0 Å². The van der Waals surface area contributed by atoms with Crippen molar-refractivity contribution >= 4 is 12.2 Å². The van der Waals surface area contributed by atoms with Gasteiger partial charge in [-0.1, -0.05) is 13.8 Å². The van der Waals surface area contributed by atoms with Gasteiger partial charge in [0.25, 0.3) is 0 Å². The molecule has 3 N–H and O–H groups in total. The van der Waals surface area contributed by atoms with Crippen LogP contribution in [0.25, 0.3) is 0 Å². The fourth-order valence-electron chi connectivity index (χ4n) is 0.926. The fourth-order valence-corrected chi connectivity index (χ4v) is 0.926. The standard InChI is InChI=1S/C10H20N2O4/c1-4-10(3,6-15-8(11)13)7-16-9(14)12-5-2/h4-7H2,1-3H3,(H2,11,13)(H,12,14). The fraction of sp³-hybridized carbons (Fsp3) is 0.800. The number of hydrogen-bond acceptors (Lipinski definition) is 4. The van der Waals surface area contributed by atoms with Crippen molar-refractivity contribution in [3.8, 4) is 0 Å². The van der Waals surface area contributed by atoms with E-state index in [1.807, 2.05) is 13.8 Å². The van der Waals surface area contributed by atoms with Crippen LogP contribution in [0.4, 0.5) is 9.59 Å². The Morgan fingerprint density at radius 3 is 2.25 bits per heavy atom. The highest BCUT2D eigenvalue weighted by Crippen LogP contribution is 2.21. The van der Waals surface area contributed by atoms with Gasteiger partial charge in [0.15, 0.2) is 0 Å². The van der Waals surface area contributed by atoms with Crippen LogP contribution in [0.2, 0.25) is 0 Å². The molecule has 0 saturated heterocycles. The molecule has 0 radical (unpaired) electrons. The van der Waals surface area contributed by atoms with Crippen LogP contribution < -0.4 is 11.1 Å². The van der Waals surface area contributed by atoms with Crippen molar-refractivity contribution in [2.24, 2.45) is 11.1 Å². The Labute approximate surface area is 95.5 Å². The summed E-state index contributed by atoms with van der Waals surface area (Å²) in [7, 11) is 0. The Kier molecular flexibility index (Phi) is 6.29. The van der Waals surface area contributed by atoms with Crippen molar-refractivity contribution in [3.05, 3.63) is 0 Å². The largest absolute Gasteiger partial charge is 0.449 e. The van der Waals surface area contributed by atoms with Gasteiger partial charge in [-0.25, -0.2) is 9.59 Å². The number of carbonyl (C=O) groups is 2. The van der Waals surface area contributed by atoms with Gasteiger partial charge < -0.3 is 20.5 Å². The van der Waals surface area contributed by atoms with Gasteiger partial charge in [0.05, 0.1) is 0 Å². The predicted molar refractivity (Wildman–Crippen MR) is 59.0 cm³/mol. The molecule has 0 aliphatic heterocycles. The number of rotatable bonds is 6. The molecule has 0 saturated carbocycles. The normalized spacial score (nSPS) is 13.7. The summed E-state index contributed by atoms with van der Waals surface area (Å²) in [6.07, 6.45) is -0.585. The second-order valence-corrected chi connectivity index (χ2v) is 3.88. The third kappa shape index (κ3) is 6.10. The van der Waals surface area contributed by atoms with Crippen LogP contribution in [0.1, 0.15) is 27.2 Å². The highest BCUT2D eigenvalue weighted by Gasteiger charge is 2.26. The minimum atomic E-state index is -0.822. The van der Waals surface area contributed by atoms with Crippen molar-refractivity contribution in [2.45, 2.75) is 27.2 Å². The van der Waals surface area contributed by atoms with E-state index in [2.05, 4.69) is 5.32 Å². The summed E-state index contributed by atoms with van der Waals surface area (Å²) in [6, 6.07) is 0. The Morgan fingerprint density at radius 2 is 1.81 bits per heavy atom. The van der Waals surface area contributed by atoms with E-state index in [-0.39, 0.29) is 13.2 Å². The highest BCUT2D eigenvalue weighted by molar-refractivity contribution is 5.67. The molecule has 0 fully saturated rings. The van der Waals surface area contributed by atoms with Crippen molar-refractivity contribution in [1.29, 1.82) is 0 Å². The zero-order valence-corrected chi connectivity index (χ0v) is 10.0. The van der Waals surface area contributed by atoms with Crippen LogP contribution in [0.15, 0.2) is 0 Å². The number of nitrogens with two attached hydrogens (primary N) is 1. The van der Waals surface area contributed by atoms with Gasteiger partial charge in [-0.3, -0.25) is 0 Å². The van der Waals surface area contributed by atoms with Crippen molar-refractivity contribution in [1.82, 2.24) is 5.32 Å². The molecule has 2 amide bonds. The number of hydrogen-bond donors (Lipinski definition) is 2. The third-order valence-electron chi connectivity index (χ3n) is 2.29. The minimum Gasteiger partial charge on any atom is -0.449 e. The molecule has 1 atom stereocenters. The van der Waals surface area contributed by atoms with Crippen molar-refractivity contribution in [3.63, 3.8) is 0 Å². The van der Waals surface area contributed by atoms with E-state index in [4.69, 9.17) is 15.2 Å². The molecule has 6 heteroatoms. The van der Waals surface area contributed by atoms with Gasteiger partial charge in [-0.2, -0.15) is 0 Å². The summed E-state index contributed by atoms with van der Waals surface area (Å²) in [5, 5.41) is 2.51. The molecule has 1 unspecified atom stereocenters. The van der Waals surface area contributed by atoms with Gasteiger partial charge in [0.1, 0.15) is 13.2 Å². The average Bonchev–Trinajstić information content (AvgIpc) is 2.24. The quantitative estimate of drug-likeness (QED) is 0.721. The first kappa shape index (κ1) is 14.5. The molecular weight excluding hydrogens is 212 g/mol. The number of carbonyl (C=O) groups excluding carboxylic acids is 2. The van der Waals surface area contributed by atoms with Crippen LogP contribution in [0.5, 0.6) is 0 Å². The maximum atomic E-state index is 11.1. The highest BCUT2D eigenvalue weighted by atomic mass is 16.6. The second kappa shape index (κ2) is 6.92. The molecule has 16 heavy (non-hydrogen) atoms. The summed E-state index contributed by atoms with van der Waals surface area (Å²) in [5.41, 5.74) is 4.47. The Bertz CT molecular complexity index is 245. The van der Waals surface area contributed by atoms with Gasteiger partial charge in [0, 0.05) is 12.0 Å². The second-order valence-electron chi connectivity index (χ2n) is 3.88. The molecule has 0 heterocycles. The maximum absolute atomic E-state index is 11.1. The van der Waals surface area contributed by atoms with E-state index in [9.17, 15) is 9.59 Å². The molecule has 0 aliphatic carbocycles. The summed E-state index contributed by atoms with van der Waals surface area (Å²) in [4.78, 5) is 21.6. The zero-order valence-electron chi connectivity index (χ0n) is 10.0. The first-order valence-electron chi connectivity index (χ1n) is 5.26. The van der Waals surface area contributed by atoms with Crippen LogP contribution in [-0.4, -0.2) is 31.9 Å². The third-order valence-corrected chi connectivity index (χ3v) is 2.29. The van der Waals surface area contributed by atoms with E-state index in [1.54, 1.807) is 6.92 Å². The molecule has 0 spiro atoms. The van der Waals surface area contributed by atoms with Crippen LogP contribution in [0.3, 0.4) is 0 Å². The van der Waals surface area contributed by atoms with Crippen molar-refractivity contribution < 1.29 is 19.1 Å². The first-order chi connectivity index (χ1) is 7.43. The lowest BCUT2D eigenvalue weighted by molar-refractivity contribution is 0.0373. The topological polar surface area (TPSA) is 90.7 Å². The summed E-state index contributed by atoms with van der Waals surface area (Å²) in [5.74, 6) is 0. The molecule has 0 aliphatic rings. The molecule has 0 rings (SSSR count). The summed E-state index contributed by atoms with van der Waals surface area (Å²) >= 11 is 0. The van der Waals surface area contributed by atoms with Gasteiger partial charge in [-0.05, 0) is 13.3 Å². The predicted octanol–water partition coefficient (Wildman–Crippen LogP) is 1.24. The Hall–Kier alpha value is -1.46. The molecule has 6 nitrogen and oxygen atoms in total. The number of ether oxygens (including phenoxy) is 2. The van der Waals surface area contributed by atoms with Gasteiger partial charge >= 0.3 is 12.2 Å². The van der Waals surface area contributed by atoms with Gasteiger partial charge in [0.2, 0.25) is 0 Å². The lowest BCUT2D eigenvalue weighted by Crippen LogP contribution is -2.34. The monoisotopic (exact) mass is 232 g/mol. The lowest BCUT2D eigenvalue weighted by Gasteiger charge is -2.26.